The van der Waals surface area contributed by atoms with E-state index in [1.165, 1.54) is 11.1 Å². The number of benzene rings is 2. The summed E-state index contributed by atoms with van der Waals surface area (Å²) in [6.45, 7) is 2.96. The number of hydrogen-bond donors (Lipinski definition) is 2. The molecule has 3 aromatic rings. The fraction of sp³-hybridized carbons (Fsp3) is 0.250. The van der Waals surface area contributed by atoms with Gasteiger partial charge in [0.25, 0.3) is 0 Å². The first-order chi connectivity index (χ1) is 12.3. The Morgan fingerprint density at radius 1 is 0.920 bits per heavy atom. The van der Waals surface area contributed by atoms with Crippen molar-refractivity contribution in [1.29, 1.82) is 0 Å². The molecule has 0 aliphatic carbocycles. The highest BCUT2D eigenvalue weighted by molar-refractivity contribution is 5.56. The summed E-state index contributed by atoms with van der Waals surface area (Å²) in [5.41, 5.74) is 3.65. The average Bonchev–Trinajstić information content (AvgIpc) is 2.67. The normalized spacial score (nSPS) is 10.4. The van der Waals surface area contributed by atoms with Gasteiger partial charge in [-0.2, -0.15) is 10.1 Å². The number of aryl methyl sites for hydroxylation is 2. The van der Waals surface area contributed by atoms with Crippen LogP contribution in [-0.2, 0) is 12.8 Å². The van der Waals surface area contributed by atoms with Crippen LogP contribution in [-0.4, -0.2) is 21.7 Å². The summed E-state index contributed by atoms with van der Waals surface area (Å²) >= 11 is 0. The van der Waals surface area contributed by atoms with Crippen molar-refractivity contribution in [1.82, 2.24) is 15.2 Å². The van der Waals surface area contributed by atoms with Crippen LogP contribution in [0, 0.1) is 0 Å². The molecule has 1 heterocycles. The summed E-state index contributed by atoms with van der Waals surface area (Å²) in [7, 11) is 0. The minimum Gasteiger partial charge on any atom is -0.353 e. The van der Waals surface area contributed by atoms with Gasteiger partial charge in [0.1, 0.15) is 0 Å². The number of anilines is 3. The zero-order valence-corrected chi connectivity index (χ0v) is 14.4. The lowest BCUT2D eigenvalue weighted by atomic mass is 10.1. The number of hydrogen-bond acceptors (Lipinski definition) is 5. The Kier molecular flexibility index (Phi) is 5.93. The Hall–Kier alpha value is -2.95. The van der Waals surface area contributed by atoms with Gasteiger partial charge < -0.3 is 10.6 Å². The van der Waals surface area contributed by atoms with Crippen LogP contribution in [0.3, 0.4) is 0 Å². The molecule has 25 heavy (non-hydrogen) atoms. The number of aromatic nitrogens is 3. The summed E-state index contributed by atoms with van der Waals surface area (Å²) in [4.78, 5) is 4.46. The summed E-state index contributed by atoms with van der Waals surface area (Å²) in [5, 5.41) is 14.5. The van der Waals surface area contributed by atoms with E-state index in [0.29, 0.717) is 11.8 Å². The van der Waals surface area contributed by atoms with Crippen LogP contribution in [0.15, 0.2) is 60.8 Å². The van der Waals surface area contributed by atoms with Crippen LogP contribution in [0.2, 0.25) is 0 Å². The Morgan fingerprint density at radius 3 is 2.48 bits per heavy atom. The second kappa shape index (κ2) is 8.78. The summed E-state index contributed by atoms with van der Waals surface area (Å²) < 4.78 is 0. The van der Waals surface area contributed by atoms with Crippen molar-refractivity contribution in [3.05, 3.63) is 71.9 Å². The average molecular weight is 333 g/mol. The van der Waals surface area contributed by atoms with E-state index in [-0.39, 0.29) is 0 Å². The molecule has 3 rings (SSSR count). The maximum absolute atomic E-state index is 4.46. The first-order valence-electron chi connectivity index (χ1n) is 8.67. The lowest BCUT2D eigenvalue weighted by molar-refractivity contribution is 0.843. The van der Waals surface area contributed by atoms with Crippen molar-refractivity contribution in [2.45, 2.75) is 26.2 Å². The lowest BCUT2D eigenvalue weighted by Gasteiger charge is -2.08. The van der Waals surface area contributed by atoms with Crippen molar-refractivity contribution in [3.63, 3.8) is 0 Å². The van der Waals surface area contributed by atoms with E-state index in [4.69, 9.17) is 0 Å². The molecule has 0 fully saturated rings. The topological polar surface area (TPSA) is 62.7 Å². The van der Waals surface area contributed by atoms with Gasteiger partial charge in [-0.15, -0.1) is 5.10 Å². The Balaban J connectivity index is 1.50. The predicted octanol–water partition coefficient (Wildman–Crippen LogP) is 4.22. The van der Waals surface area contributed by atoms with Crippen molar-refractivity contribution in [2.75, 3.05) is 17.2 Å². The molecule has 0 radical (unpaired) electrons. The van der Waals surface area contributed by atoms with E-state index >= 15 is 0 Å². The molecule has 0 aliphatic rings. The maximum Gasteiger partial charge on any atom is 0.244 e. The van der Waals surface area contributed by atoms with Gasteiger partial charge in [0, 0.05) is 12.2 Å². The molecule has 0 amide bonds. The molecule has 0 aliphatic heterocycles. The molecular formula is C20H23N5. The third-order valence-corrected chi connectivity index (χ3v) is 3.96. The summed E-state index contributed by atoms with van der Waals surface area (Å²) in [6, 6.07) is 18.8. The third-order valence-electron chi connectivity index (χ3n) is 3.96. The predicted molar refractivity (Wildman–Crippen MR) is 102 cm³/mol. The molecule has 2 aromatic carbocycles. The lowest BCUT2D eigenvalue weighted by Crippen LogP contribution is -2.08. The molecule has 2 N–H and O–H groups in total. The monoisotopic (exact) mass is 333 g/mol. The highest BCUT2D eigenvalue weighted by Crippen LogP contribution is 2.15. The number of nitrogens with zero attached hydrogens (tertiary/aromatic N) is 3. The van der Waals surface area contributed by atoms with Gasteiger partial charge in [-0.3, -0.25) is 0 Å². The maximum atomic E-state index is 4.46. The van der Waals surface area contributed by atoms with Gasteiger partial charge in [0.2, 0.25) is 5.95 Å². The molecule has 0 saturated heterocycles. The van der Waals surface area contributed by atoms with Crippen LogP contribution in [0.1, 0.15) is 24.5 Å². The zero-order valence-electron chi connectivity index (χ0n) is 14.4. The fourth-order valence-corrected chi connectivity index (χ4v) is 2.55. The minimum atomic E-state index is 0.545. The number of rotatable bonds is 8. The van der Waals surface area contributed by atoms with Gasteiger partial charge in [-0.05, 0) is 42.5 Å². The molecule has 0 spiro atoms. The Bertz CT molecular complexity index is 772. The third kappa shape index (κ3) is 5.28. The summed E-state index contributed by atoms with van der Waals surface area (Å²) in [5.74, 6) is 1.23. The molecule has 0 atom stereocenters. The van der Waals surface area contributed by atoms with Crippen LogP contribution < -0.4 is 10.6 Å². The SMILES string of the molecule is CCc1ccc(Nc2cnnc(NCCCc3ccccc3)n2)cc1. The highest BCUT2D eigenvalue weighted by atomic mass is 15.3. The van der Waals surface area contributed by atoms with Gasteiger partial charge in [0.15, 0.2) is 5.82 Å². The molecule has 5 heteroatoms. The van der Waals surface area contributed by atoms with Crippen molar-refractivity contribution < 1.29 is 0 Å². The zero-order chi connectivity index (χ0) is 17.3. The molecular weight excluding hydrogens is 310 g/mol. The van der Waals surface area contributed by atoms with E-state index in [1.807, 2.05) is 18.2 Å². The van der Waals surface area contributed by atoms with Crippen molar-refractivity contribution >= 4 is 17.5 Å². The van der Waals surface area contributed by atoms with Gasteiger partial charge in [0.05, 0.1) is 6.20 Å². The van der Waals surface area contributed by atoms with E-state index in [1.54, 1.807) is 6.20 Å². The molecule has 0 unspecified atom stereocenters. The second-order valence-electron chi connectivity index (χ2n) is 5.86. The molecule has 0 saturated carbocycles. The Labute approximate surface area is 148 Å². The quantitative estimate of drug-likeness (QED) is 0.604. The molecule has 5 nitrogen and oxygen atoms in total. The number of nitrogens with one attached hydrogen (secondary N) is 2. The van der Waals surface area contributed by atoms with Gasteiger partial charge >= 0.3 is 0 Å². The second-order valence-corrected chi connectivity index (χ2v) is 5.86. The van der Waals surface area contributed by atoms with E-state index in [9.17, 15) is 0 Å². The Morgan fingerprint density at radius 2 is 1.72 bits per heavy atom. The largest absolute Gasteiger partial charge is 0.353 e. The van der Waals surface area contributed by atoms with Crippen LogP contribution >= 0.6 is 0 Å². The standard InChI is InChI=1S/C20H23N5/c1-2-16-10-12-18(13-11-16)23-19-15-22-25-20(24-19)21-14-6-9-17-7-4-3-5-8-17/h3-5,7-8,10-13,15H,2,6,9,14H2,1H3,(H2,21,23,24,25). The van der Waals surface area contributed by atoms with E-state index < -0.39 is 0 Å². The van der Waals surface area contributed by atoms with Crippen molar-refractivity contribution in [3.8, 4) is 0 Å². The molecule has 128 valence electrons. The fourth-order valence-electron chi connectivity index (χ4n) is 2.55. The van der Waals surface area contributed by atoms with Gasteiger partial charge in [-0.1, -0.05) is 49.4 Å². The van der Waals surface area contributed by atoms with Crippen LogP contribution in [0.5, 0.6) is 0 Å². The van der Waals surface area contributed by atoms with E-state index in [0.717, 1.165) is 31.5 Å². The molecule has 1 aromatic heterocycles. The van der Waals surface area contributed by atoms with Crippen molar-refractivity contribution in [2.24, 2.45) is 0 Å². The first-order valence-corrected chi connectivity index (χ1v) is 8.67. The smallest absolute Gasteiger partial charge is 0.244 e. The minimum absolute atomic E-state index is 0.545. The first kappa shape index (κ1) is 16.9. The van der Waals surface area contributed by atoms with Gasteiger partial charge in [-0.25, -0.2) is 0 Å². The highest BCUT2D eigenvalue weighted by Gasteiger charge is 2.01. The summed E-state index contributed by atoms with van der Waals surface area (Å²) in [6.07, 6.45) is 4.71. The van der Waals surface area contributed by atoms with E-state index in [2.05, 4.69) is 69.1 Å². The van der Waals surface area contributed by atoms with Crippen LogP contribution in [0.4, 0.5) is 17.5 Å². The van der Waals surface area contributed by atoms with Crippen LogP contribution in [0.25, 0.3) is 0 Å². The molecule has 0 bridgehead atoms.